The lowest BCUT2D eigenvalue weighted by molar-refractivity contribution is -0.145. The van der Waals surface area contributed by atoms with Crippen molar-refractivity contribution in [3.8, 4) is 0 Å². The van der Waals surface area contributed by atoms with Crippen LogP contribution in [0.5, 0.6) is 0 Å². The van der Waals surface area contributed by atoms with Crippen molar-refractivity contribution in [1.29, 1.82) is 0 Å². The van der Waals surface area contributed by atoms with E-state index in [2.05, 4.69) is 34.5 Å². The summed E-state index contributed by atoms with van der Waals surface area (Å²) in [5.74, 6) is -2.05. The Labute approximate surface area is 286 Å². The van der Waals surface area contributed by atoms with Crippen LogP contribution in [0.4, 0.5) is 0 Å². The number of hydrogen-bond donors (Lipinski definition) is 4. The first kappa shape index (κ1) is 36.6. The van der Waals surface area contributed by atoms with Gasteiger partial charge in [-0.05, 0) is 73.5 Å². The number of amides is 5. The number of likely N-dealkylation sites (tertiary alicyclic amines) is 1. The summed E-state index contributed by atoms with van der Waals surface area (Å²) < 4.78 is 27.3. The van der Waals surface area contributed by atoms with Crippen LogP contribution in [0.15, 0.2) is 0 Å². The van der Waals surface area contributed by atoms with E-state index >= 15 is 0 Å². The number of sulfonamides is 1. The Balaban J connectivity index is 1.41. The largest absolute Gasteiger partial charge is 0.347 e. The summed E-state index contributed by atoms with van der Waals surface area (Å²) in [5, 5.41) is 7.96. The van der Waals surface area contributed by atoms with Crippen molar-refractivity contribution in [3.05, 3.63) is 0 Å². The third kappa shape index (κ3) is 6.37. The predicted molar refractivity (Wildman–Crippen MR) is 180 cm³/mol. The number of carbonyl (C=O) groups is 5. The molecule has 5 amide bonds. The first-order valence-corrected chi connectivity index (χ1v) is 19.7. The van der Waals surface area contributed by atoms with Crippen LogP contribution >= 0.6 is 0 Å². The number of carbonyl (C=O) groups excluding carboxylic acids is 5. The maximum absolute atomic E-state index is 14.7. The highest BCUT2D eigenvalue weighted by Crippen LogP contribution is 2.88. The van der Waals surface area contributed by atoms with E-state index in [-0.39, 0.29) is 34.5 Å². The fraction of sp³-hybridized carbons (Fsp3) is 0.857. The Morgan fingerprint density at radius 2 is 1.56 bits per heavy atom. The van der Waals surface area contributed by atoms with E-state index in [1.807, 2.05) is 27.7 Å². The molecule has 1 heterocycles. The quantitative estimate of drug-likeness (QED) is 0.215. The molecule has 4 N–H and O–H groups in total. The molecule has 0 bridgehead atoms. The van der Waals surface area contributed by atoms with E-state index in [9.17, 15) is 32.4 Å². The number of rotatable bonds is 13. The van der Waals surface area contributed by atoms with Crippen LogP contribution in [-0.2, 0) is 34.0 Å². The third-order valence-electron chi connectivity index (χ3n) is 12.9. The summed E-state index contributed by atoms with van der Waals surface area (Å²) in [4.78, 5) is 69.2. The minimum Gasteiger partial charge on any atom is -0.347 e. The Morgan fingerprint density at radius 3 is 2.06 bits per heavy atom. The highest BCUT2D eigenvalue weighted by atomic mass is 32.2. The van der Waals surface area contributed by atoms with Crippen molar-refractivity contribution in [1.82, 2.24) is 25.6 Å². The maximum Gasteiger partial charge on any atom is 0.256 e. The van der Waals surface area contributed by atoms with Gasteiger partial charge in [0.2, 0.25) is 34.2 Å². The lowest BCUT2D eigenvalue weighted by Gasteiger charge is -2.37. The summed E-state index contributed by atoms with van der Waals surface area (Å²) >= 11 is 0. The van der Waals surface area contributed by atoms with Crippen LogP contribution in [0.25, 0.3) is 0 Å². The van der Waals surface area contributed by atoms with Crippen LogP contribution in [0.1, 0.15) is 125 Å². The van der Waals surface area contributed by atoms with Gasteiger partial charge in [0.15, 0.2) is 0 Å². The molecule has 12 nitrogen and oxygen atoms in total. The zero-order valence-electron chi connectivity index (χ0n) is 29.7. The molecule has 2 unspecified atom stereocenters. The molecule has 5 aliphatic rings. The molecule has 1 aliphatic heterocycles. The molecule has 0 aromatic heterocycles. The molecule has 48 heavy (non-hydrogen) atoms. The maximum atomic E-state index is 14.7. The second-order valence-corrected chi connectivity index (χ2v) is 18.8. The van der Waals surface area contributed by atoms with Gasteiger partial charge in [-0.2, -0.15) is 0 Å². The molecule has 5 atom stereocenters. The molecule has 0 aromatic rings. The van der Waals surface area contributed by atoms with E-state index < -0.39 is 62.6 Å². The van der Waals surface area contributed by atoms with Gasteiger partial charge in [-0.1, -0.05) is 73.6 Å². The summed E-state index contributed by atoms with van der Waals surface area (Å²) in [7, 11) is -3.81. The zero-order valence-corrected chi connectivity index (χ0v) is 30.5. The van der Waals surface area contributed by atoms with E-state index in [4.69, 9.17) is 0 Å². The summed E-state index contributed by atoms with van der Waals surface area (Å²) in [6.07, 6.45) is 10.6. The average Bonchev–Trinajstić information content (AvgIpc) is 3.86. The Kier molecular flexibility index (Phi) is 10.1. The van der Waals surface area contributed by atoms with Gasteiger partial charge in [0.25, 0.3) is 5.91 Å². The van der Waals surface area contributed by atoms with Crippen LogP contribution in [-0.4, -0.2) is 79.3 Å². The van der Waals surface area contributed by atoms with Gasteiger partial charge >= 0.3 is 0 Å². The first-order chi connectivity index (χ1) is 22.5. The molecule has 1 saturated heterocycles. The van der Waals surface area contributed by atoms with Crippen molar-refractivity contribution in [2.45, 2.75) is 154 Å². The van der Waals surface area contributed by atoms with Gasteiger partial charge in [-0.25, -0.2) is 8.42 Å². The minimum absolute atomic E-state index is 0.0204. The fourth-order valence-corrected chi connectivity index (χ4v) is 10.9. The molecular formula is C35H57N5O7S. The lowest BCUT2D eigenvalue weighted by Crippen LogP contribution is -2.61. The summed E-state index contributed by atoms with van der Waals surface area (Å²) in [6.45, 7) is 12.3. The molecule has 270 valence electrons. The van der Waals surface area contributed by atoms with E-state index in [0.717, 1.165) is 51.4 Å². The molecule has 4 aliphatic carbocycles. The molecule has 13 heteroatoms. The molecule has 0 radical (unpaired) electrons. The second kappa shape index (κ2) is 13.2. The van der Waals surface area contributed by atoms with E-state index in [1.54, 1.807) is 4.90 Å². The Morgan fingerprint density at radius 1 is 0.917 bits per heavy atom. The van der Waals surface area contributed by atoms with Gasteiger partial charge in [0, 0.05) is 12.0 Å². The first-order valence-electron chi connectivity index (χ1n) is 18.1. The normalized spacial score (nSPS) is 28.1. The summed E-state index contributed by atoms with van der Waals surface area (Å²) in [5.41, 5.74) is -1.10. The topological polar surface area (TPSA) is 171 Å². The van der Waals surface area contributed by atoms with Crippen LogP contribution < -0.4 is 20.7 Å². The Bertz CT molecular complexity index is 1390. The van der Waals surface area contributed by atoms with Crippen molar-refractivity contribution in [3.63, 3.8) is 0 Å². The van der Waals surface area contributed by atoms with E-state index in [0.29, 0.717) is 38.6 Å². The van der Waals surface area contributed by atoms with Crippen LogP contribution in [0, 0.1) is 27.6 Å². The molecular weight excluding hydrogens is 634 g/mol. The molecule has 4 saturated carbocycles. The number of nitrogens with zero attached hydrogens (tertiary/aromatic N) is 1. The zero-order chi connectivity index (χ0) is 35.3. The van der Waals surface area contributed by atoms with Crippen molar-refractivity contribution in [2.24, 2.45) is 27.6 Å². The number of hydrogen-bond acceptors (Lipinski definition) is 7. The standard InChI is InChI=1S/C35H57N5O7S/c1-7-12-24(28(42)39-48(46,47)23-15-16-23)37-29(43)25-19-35(33(5,6)34(35)17-11-18-34)20-40(25)31(45)27(32(2,3)4)38-30(44)26(36-21-41)22-13-9-8-10-14-22/h21-27H,7-20H2,1-6H3,(H,36,41)(H,37,43)(H,38,44)(H,39,42)/t24-,25-,26?,27+,35?/m0/s1. The van der Waals surface area contributed by atoms with Gasteiger partial charge < -0.3 is 20.9 Å². The SMILES string of the molecule is CCC[C@H](NC(=O)[C@@H]1CC2(CN1C(=O)[C@@H](NC(=O)C(NC=O)C1CCCCC1)C(C)(C)C)C(C)(C)C21CCC1)C(=O)NS(=O)(=O)C1CC1. The minimum atomic E-state index is -3.81. The van der Waals surface area contributed by atoms with Crippen molar-refractivity contribution >= 4 is 40.1 Å². The lowest BCUT2D eigenvalue weighted by atomic mass is 9.73. The average molecular weight is 692 g/mol. The smallest absolute Gasteiger partial charge is 0.256 e. The molecule has 2 spiro atoms. The van der Waals surface area contributed by atoms with E-state index in [1.165, 1.54) is 0 Å². The second-order valence-electron chi connectivity index (χ2n) is 16.9. The van der Waals surface area contributed by atoms with Gasteiger partial charge in [0.1, 0.15) is 24.2 Å². The molecule has 5 fully saturated rings. The Hall–Kier alpha value is -2.70. The van der Waals surface area contributed by atoms with Crippen molar-refractivity contribution < 1.29 is 32.4 Å². The van der Waals surface area contributed by atoms with Gasteiger partial charge in [-0.3, -0.25) is 28.7 Å². The van der Waals surface area contributed by atoms with Crippen LogP contribution in [0.3, 0.4) is 0 Å². The van der Waals surface area contributed by atoms with Gasteiger partial charge in [0.05, 0.1) is 5.25 Å². The molecule has 0 aromatic carbocycles. The third-order valence-corrected chi connectivity index (χ3v) is 14.7. The van der Waals surface area contributed by atoms with Crippen LogP contribution in [0.2, 0.25) is 0 Å². The number of fused-ring (bicyclic) bond motifs is 1. The highest BCUT2D eigenvalue weighted by Gasteiger charge is 2.85. The van der Waals surface area contributed by atoms with Gasteiger partial charge in [-0.15, -0.1) is 0 Å². The molecule has 5 rings (SSSR count). The number of nitrogens with one attached hydrogen (secondary N) is 4. The monoisotopic (exact) mass is 691 g/mol. The van der Waals surface area contributed by atoms with Crippen molar-refractivity contribution in [2.75, 3.05) is 6.54 Å². The summed E-state index contributed by atoms with van der Waals surface area (Å²) in [6, 6.07) is -3.70. The highest BCUT2D eigenvalue weighted by molar-refractivity contribution is 7.90. The predicted octanol–water partition coefficient (Wildman–Crippen LogP) is 2.90. The fourth-order valence-electron chi connectivity index (χ4n) is 9.58.